The van der Waals surface area contributed by atoms with Crippen molar-refractivity contribution < 1.29 is 28.9 Å². The lowest BCUT2D eigenvalue weighted by atomic mass is 9.95. The third-order valence-electron chi connectivity index (χ3n) is 6.41. The minimum absolute atomic E-state index is 0.0189. The lowest BCUT2D eigenvalue weighted by Gasteiger charge is -2.25. The Balaban J connectivity index is 1.45. The molecule has 3 heterocycles. The van der Waals surface area contributed by atoms with Crippen LogP contribution in [0, 0.1) is 0 Å². The van der Waals surface area contributed by atoms with E-state index in [-0.39, 0.29) is 24.7 Å². The number of amides is 1. The number of likely N-dealkylation sites (tertiary alicyclic amines) is 1. The summed E-state index contributed by atoms with van der Waals surface area (Å²) in [4.78, 5) is 32.3. The first kappa shape index (κ1) is 23.3. The third kappa shape index (κ3) is 4.32. The first-order chi connectivity index (χ1) is 18.6. The fourth-order valence-electron chi connectivity index (χ4n) is 4.65. The van der Waals surface area contributed by atoms with Gasteiger partial charge >= 0.3 is 0 Å². The number of nitrogens with zero attached hydrogens (tertiary/aromatic N) is 2. The Morgan fingerprint density at radius 2 is 1.74 bits per heavy atom. The van der Waals surface area contributed by atoms with Crippen LogP contribution in [0.4, 0.5) is 0 Å². The van der Waals surface area contributed by atoms with E-state index in [0.29, 0.717) is 34.1 Å². The third-order valence-corrected chi connectivity index (χ3v) is 6.41. The highest BCUT2D eigenvalue weighted by Crippen LogP contribution is 2.43. The predicted molar refractivity (Wildman–Crippen MR) is 138 cm³/mol. The number of Topliss-reactive ketones (excluding diaryl/α,β-unsaturated/α-hetero) is 1. The van der Waals surface area contributed by atoms with Crippen molar-refractivity contribution in [1.29, 1.82) is 0 Å². The summed E-state index contributed by atoms with van der Waals surface area (Å²) in [5, 5.41) is 11.4. The number of carbonyl (C=O) groups excluding carboxylic acids is 2. The molecule has 1 unspecified atom stereocenters. The van der Waals surface area contributed by atoms with Gasteiger partial charge in [0.25, 0.3) is 11.7 Å². The molecule has 2 aliphatic rings. The second-order valence-electron chi connectivity index (χ2n) is 8.84. The van der Waals surface area contributed by atoms with Gasteiger partial charge in [0.2, 0.25) is 6.79 Å². The van der Waals surface area contributed by atoms with Crippen LogP contribution in [0.1, 0.15) is 22.7 Å². The molecule has 1 saturated heterocycles. The minimum Gasteiger partial charge on any atom is -0.507 e. The van der Waals surface area contributed by atoms with Gasteiger partial charge in [-0.05, 0) is 59.7 Å². The molecule has 188 valence electrons. The monoisotopic (exact) mass is 506 g/mol. The summed E-state index contributed by atoms with van der Waals surface area (Å²) in [7, 11) is 0. The Morgan fingerprint density at radius 1 is 0.921 bits per heavy atom. The van der Waals surface area contributed by atoms with E-state index in [0.717, 1.165) is 5.56 Å². The fraction of sp³-hybridized carbons (Fsp3) is 0.100. The lowest BCUT2D eigenvalue weighted by Crippen LogP contribution is -2.29. The molecule has 38 heavy (non-hydrogen) atoms. The SMILES string of the molecule is O=C1C(=O)N(Cc2cccnc2)C(c2cccc(Oc3ccccc3)c2)/C1=C(/O)c1ccc2c(c1)OCO2. The average Bonchev–Trinajstić information content (AvgIpc) is 3.52. The number of ketones is 1. The van der Waals surface area contributed by atoms with Gasteiger partial charge in [0.1, 0.15) is 17.3 Å². The maximum absolute atomic E-state index is 13.4. The van der Waals surface area contributed by atoms with Gasteiger partial charge in [-0.15, -0.1) is 0 Å². The fourth-order valence-corrected chi connectivity index (χ4v) is 4.65. The number of carbonyl (C=O) groups is 2. The number of hydrogen-bond donors (Lipinski definition) is 1. The number of aromatic nitrogens is 1. The van der Waals surface area contributed by atoms with Crippen molar-refractivity contribution in [2.24, 2.45) is 0 Å². The number of fused-ring (bicyclic) bond motifs is 1. The molecule has 1 aromatic heterocycles. The van der Waals surface area contributed by atoms with Crippen LogP contribution in [-0.4, -0.2) is 33.5 Å². The molecule has 0 bridgehead atoms. The summed E-state index contributed by atoms with van der Waals surface area (Å²) in [6, 6.07) is 24.1. The molecule has 3 aromatic carbocycles. The number of aliphatic hydroxyl groups excluding tert-OH is 1. The topological polar surface area (TPSA) is 98.2 Å². The lowest BCUT2D eigenvalue weighted by molar-refractivity contribution is -0.140. The van der Waals surface area contributed by atoms with E-state index in [1.165, 1.54) is 4.90 Å². The van der Waals surface area contributed by atoms with Crippen LogP contribution in [0.3, 0.4) is 0 Å². The number of para-hydroxylation sites is 1. The molecule has 2 aliphatic heterocycles. The predicted octanol–water partition coefficient (Wildman–Crippen LogP) is 5.22. The molecule has 8 heteroatoms. The molecule has 0 saturated carbocycles. The zero-order valence-electron chi connectivity index (χ0n) is 20.1. The summed E-state index contributed by atoms with van der Waals surface area (Å²) < 4.78 is 16.8. The van der Waals surface area contributed by atoms with E-state index in [2.05, 4.69) is 4.98 Å². The van der Waals surface area contributed by atoms with E-state index in [1.54, 1.807) is 60.9 Å². The van der Waals surface area contributed by atoms with E-state index in [9.17, 15) is 14.7 Å². The summed E-state index contributed by atoms with van der Waals surface area (Å²) in [6.45, 7) is 0.202. The van der Waals surface area contributed by atoms with E-state index < -0.39 is 17.7 Å². The second-order valence-corrected chi connectivity index (χ2v) is 8.84. The highest BCUT2D eigenvalue weighted by molar-refractivity contribution is 6.46. The number of rotatable bonds is 6. The molecule has 0 spiro atoms. The summed E-state index contributed by atoms with van der Waals surface area (Å²) in [6.07, 6.45) is 3.28. The van der Waals surface area contributed by atoms with Crippen molar-refractivity contribution in [1.82, 2.24) is 9.88 Å². The van der Waals surface area contributed by atoms with Gasteiger partial charge in [0.05, 0.1) is 11.6 Å². The van der Waals surface area contributed by atoms with Crippen molar-refractivity contribution in [3.63, 3.8) is 0 Å². The standard InChI is InChI=1S/C30H22N2O6/c33-28(21-11-12-24-25(15-21)37-18-36-24)26-27(32(30(35)29(26)34)17-19-6-5-13-31-16-19)20-7-4-10-23(14-20)38-22-8-2-1-3-9-22/h1-16,27,33H,17-18H2/b28-26-. The normalized spacial score (nSPS) is 17.6. The van der Waals surface area contributed by atoms with Crippen molar-refractivity contribution in [3.05, 3.63) is 120 Å². The number of hydrogen-bond acceptors (Lipinski definition) is 7. The Morgan fingerprint density at radius 3 is 2.55 bits per heavy atom. The minimum atomic E-state index is -0.861. The smallest absolute Gasteiger partial charge is 0.295 e. The molecule has 0 aliphatic carbocycles. The maximum Gasteiger partial charge on any atom is 0.295 e. The van der Waals surface area contributed by atoms with Gasteiger partial charge in [0, 0.05) is 24.5 Å². The Kier molecular flexibility index (Phi) is 5.97. The van der Waals surface area contributed by atoms with Gasteiger partial charge in [0.15, 0.2) is 11.5 Å². The Bertz CT molecular complexity index is 1550. The van der Waals surface area contributed by atoms with E-state index in [4.69, 9.17) is 14.2 Å². The van der Waals surface area contributed by atoms with Crippen molar-refractivity contribution >= 4 is 17.4 Å². The van der Waals surface area contributed by atoms with Crippen molar-refractivity contribution in [3.8, 4) is 23.0 Å². The van der Waals surface area contributed by atoms with Crippen LogP contribution < -0.4 is 14.2 Å². The maximum atomic E-state index is 13.4. The highest BCUT2D eigenvalue weighted by Gasteiger charge is 2.46. The quantitative estimate of drug-likeness (QED) is 0.217. The number of pyridine rings is 1. The van der Waals surface area contributed by atoms with Crippen LogP contribution in [0.5, 0.6) is 23.0 Å². The molecule has 6 rings (SSSR count). The van der Waals surface area contributed by atoms with Crippen molar-refractivity contribution in [2.75, 3.05) is 6.79 Å². The second kappa shape index (κ2) is 9.74. The highest BCUT2D eigenvalue weighted by atomic mass is 16.7. The molecule has 0 radical (unpaired) electrons. The molecule has 1 fully saturated rings. The van der Waals surface area contributed by atoms with Gasteiger partial charge < -0.3 is 24.2 Å². The molecular formula is C30H22N2O6. The van der Waals surface area contributed by atoms with E-state index in [1.807, 2.05) is 36.4 Å². The molecule has 1 N–H and O–H groups in total. The van der Waals surface area contributed by atoms with Crippen LogP contribution in [0.25, 0.3) is 5.76 Å². The first-order valence-electron chi connectivity index (χ1n) is 12.0. The van der Waals surface area contributed by atoms with Gasteiger partial charge in [-0.3, -0.25) is 14.6 Å². The molecule has 1 atom stereocenters. The van der Waals surface area contributed by atoms with Gasteiger partial charge in [-0.25, -0.2) is 0 Å². The summed E-state index contributed by atoms with van der Waals surface area (Å²) in [5.74, 6) is 0.390. The van der Waals surface area contributed by atoms with Crippen LogP contribution >= 0.6 is 0 Å². The Hall–Kier alpha value is -5.11. The summed E-state index contributed by atoms with van der Waals surface area (Å²) >= 11 is 0. The average molecular weight is 507 g/mol. The largest absolute Gasteiger partial charge is 0.507 e. The Labute approximate surface area is 218 Å². The summed E-state index contributed by atoms with van der Waals surface area (Å²) in [5.41, 5.74) is 1.69. The van der Waals surface area contributed by atoms with Crippen LogP contribution in [0.15, 0.2) is 103 Å². The number of aliphatic hydroxyl groups is 1. The molecule has 1 amide bonds. The zero-order valence-corrected chi connectivity index (χ0v) is 20.1. The van der Waals surface area contributed by atoms with Crippen molar-refractivity contribution in [2.45, 2.75) is 12.6 Å². The van der Waals surface area contributed by atoms with E-state index >= 15 is 0 Å². The first-order valence-corrected chi connectivity index (χ1v) is 12.0. The molecule has 4 aromatic rings. The van der Waals surface area contributed by atoms with Crippen LogP contribution in [-0.2, 0) is 16.1 Å². The molecular weight excluding hydrogens is 484 g/mol. The van der Waals surface area contributed by atoms with Crippen LogP contribution in [0.2, 0.25) is 0 Å². The van der Waals surface area contributed by atoms with Gasteiger partial charge in [-0.2, -0.15) is 0 Å². The number of ether oxygens (including phenoxy) is 3. The molecule has 8 nitrogen and oxygen atoms in total. The number of benzene rings is 3. The van der Waals surface area contributed by atoms with Gasteiger partial charge in [-0.1, -0.05) is 36.4 Å². The zero-order chi connectivity index (χ0) is 26.1.